The van der Waals surface area contributed by atoms with Gasteiger partial charge >= 0.3 is 5.97 Å². The highest BCUT2D eigenvalue weighted by Gasteiger charge is 2.39. The molecule has 0 aliphatic carbocycles. The van der Waals surface area contributed by atoms with Crippen LogP contribution in [-0.4, -0.2) is 87.3 Å². The fourth-order valence-corrected chi connectivity index (χ4v) is 4.42. The SMILES string of the molecule is CSCCC(N)C(=O)NC(Cc1ccc(O)cc1)C(=O)N1CCCC1C(=O)NC(CS)C(=O)O. The molecule has 1 aliphatic rings. The summed E-state index contributed by atoms with van der Waals surface area (Å²) in [6.45, 7) is 0.302. The molecule has 12 heteroatoms. The molecular formula is C22H32N4O6S2. The summed E-state index contributed by atoms with van der Waals surface area (Å²) in [4.78, 5) is 51.6. The first-order valence-corrected chi connectivity index (χ1v) is 13.0. The topological polar surface area (TPSA) is 162 Å². The van der Waals surface area contributed by atoms with Crippen molar-refractivity contribution in [3.8, 4) is 5.75 Å². The van der Waals surface area contributed by atoms with Crippen LogP contribution in [0.5, 0.6) is 5.75 Å². The van der Waals surface area contributed by atoms with Gasteiger partial charge in [-0.1, -0.05) is 12.1 Å². The number of nitrogens with zero attached hydrogens (tertiary/aromatic N) is 1. The van der Waals surface area contributed by atoms with E-state index in [1.165, 1.54) is 17.0 Å². The molecule has 0 spiro atoms. The number of likely N-dealkylation sites (tertiary alicyclic amines) is 1. The Hall–Kier alpha value is -2.44. The number of thiol groups is 1. The number of carboxylic acids is 1. The third kappa shape index (κ3) is 7.81. The number of aromatic hydroxyl groups is 1. The number of hydrogen-bond acceptors (Lipinski definition) is 8. The molecule has 188 valence electrons. The third-order valence-corrected chi connectivity index (χ3v) is 6.61. The minimum atomic E-state index is -1.21. The molecule has 1 fully saturated rings. The number of carboxylic acid groups (broad SMARTS) is 1. The van der Waals surface area contributed by atoms with Crippen molar-refractivity contribution in [2.24, 2.45) is 5.73 Å². The minimum absolute atomic E-state index is 0.0724. The zero-order valence-electron chi connectivity index (χ0n) is 19.0. The van der Waals surface area contributed by atoms with Gasteiger partial charge in [0.1, 0.15) is 23.9 Å². The van der Waals surface area contributed by atoms with Gasteiger partial charge in [0.05, 0.1) is 6.04 Å². The Bertz CT molecular complexity index is 869. The summed E-state index contributed by atoms with van der Waals surface area (Å²) in [6, 6.07) is 2.48. The number of nitrogens with one attached hydrogen (secondary N) is 2. The van der Waals surface area contributed by atoms with Gasteiger partial charge in [0.2, 0.25) is 17.7 Å². The summed E-state index contributed by atoms with van der Waals surface area (Å²) in [5.41, 5.74) is 6.69. The van der Waals surface area contributed by atoms with Gasteiger partial charge in [-0.25, -0.2) is 4.79 Å². The fourth-order valence-electron chi connectivity index (χ4n) is 3.68. The van der Waals surface area contributed by atoms with Gasteiger partial charge in [0.25, 0.3) is 0 Å². The third-order valence-electron chi connectivity index (χ3n) is 5.60. The highest BCUT2D eigenvalue weighted by molar-refractivity contribution is 7.98. The lowest BCUT2D eigenvalue weighted by Crippen LogP contribution is -2.57. The molecule has 4 unspecified atom stereocenters. The first kappa shape index (κ1) is 27.8. The van der Waals surface area contributed by atoms with Crippen LogP contribution in [0.3, 0.4) is 0 Å². The van der Waals surface area contributed by atoms with Crippen LogP contribution in [0.2, 0.25) is 0 Å². The second-order valence-electron chi connectivity index (χ2n) is 8.09. The molecule has 1 heterocycles. The lowest BCUT2D eigenvalue weighted by Gasteiger charge is -2.30. The molecule has 4 atom stereocenters. The maximum absolute atomic E-state index is 13.5. The molecule has 1 aliphatic heterocycles. The van der Waals surface area contributed by atoms with Crippen LogP contribution in [-0.2, 0) is 25.6 Å². The maximum atomic E-state index is 13.5. The second kappa shape index (κ2) is 13.4. The zero-order valence-corrected chi connectivity index (χ0v) is 20.7. The molecule has 1 aromatic rings. The Morgan fingerprint density at radius 3 is 2.47 bits per heavy atom. The van der Waals surface area contributed by atoms with Gasteiger partial charge < -0.3 is 31.5 Å². The number of amides is 3. The number of carbonyl (C=O) groups is 4. The van der Waals surface area contributed by atoms with Crippen LogP contribution in [0.4, 0.5) is 0 Å². The van der Waals surface area contributed by atoms with Crippen LogP contribution in [0.25, 0.3) is 0 Å². The van der Waals surface area contributed by atoms with E-state index in [4.69, 9.17) is 5.73 Å². The Balaban J connectivity index is 2.20. The highest BCUT2D eigenvalue weighted by atomic mass is 32.2. The Kier molecular flexibility index (Phi) is 11.0. The van der Waals surface area contributed by atoms with Crippen molar-refractivity contribution >= 4 is 48.1 Å². The number of thioether (sulfide) groups is 1. The Morgan fingerprint density at radius 2 is 1.88 bits per heavy atom. The molecule has 0 saturated carbocycles. The van der Waals surface area contributed by atoms with E-state index in [0.717, 1.165) is 0 Å². The van der Waals surface area contributed by atoms with Crippen LogP contribution >= 0.6 is 24.4 Å². The van der Waals surface area contributed by atoms with E-state index < -0.39 is 47.9 Å². The van der Waals surface area contributed by atoms with Gasteiger partial charge in [-0.05, 0) is 49.0 Å². The summed E-state index contributed by atoms with van der Waals surface area (Å²) < 4.78 is 0. The number of aliphatic carboxylic acids is 1. The molecule has 34 heavy (non-hydrogen) atoms. The molecule has 2 rings (SSSR count). The van der Waals surface area contributed by atoms with Crippen molar-refractivity contribution in [2.75, 3.05) is 24.3 Å². The average Bonchev–Trinajstić information content (AvgIpc) is 3.31. The number of phenolic OH excluding ortho intramolecular Hbond substituents is 1. The smallest absolute Gasteiger partial charge is 0.327 e. The molecule has 10 nitrogen and oxygen atoms in total. The molecular weight excluding hydrogens is 480 g/mol. The van der Waals surface area contributed by atoms with E-state index in [0.29, 0.717) is 37.1 Å². The van der Waals surface area contributed by atoms with Crippen LogP contribution in [0, 0.1) is 0 Å². The molecule has 1 saturated heterocycles. The first-order chi connectivity index (χ1) is 16.2. The van der Waals surface area contributed by atoms with Gasteiger partial charge in [-0.3, -0.25) is 14.4 Å². The standard InChI is InChI=1S/C22H32N4O6S2/c1-34-10-8-15(23)19(28)24-16(11-13-4-6-14(27)7-5-13)21(30)26-9-2-3-18(26)20(29)25-17(12-33)22(31)32/h4-7,15-18,27,33H,2-3,8-12,23H2,1H3,(H,24,28)(H,25,29)(H,31,32). The number of phenols is 1. The molecule has 3 amide bonds. The Morgan fingerprint density at radius 1 is 1.21 bits per heavy atom. The summed E-state index contributed by atoms with van der Waals surface area (Å²) in [5, 5.41) is 23.9. The van der Waals surface area contributed by atoms with E-state index in [-0.39, 0.29) is 17.9 Å². The predicted octanol–water partition coefficient (Wildman–Crippen LogP) is -0.00990. The van der Waals surface area contributed by atoms with Gasteiger partial charge in [0.15, 0.2) is 0 Å². The van der Waals surface area contributed by atoms with Crippen LogP contribution < -0.4 is 16.4 Å². The molecule has 0 radical (unpaired) electrons. The number of hydrogen-bond donors (Lipinski definition) is 6. The van der Waals surface area contributed by atoms with Crippen molar-refractivity contribution in [3.05, 3.63) is 29.8 Å². The van der Waals surface area contributed by atoms with Crippen molar-refractivity contribution in [1.29, 1.82) is 0 Å². The van der Waals surface area contributed by atoms with E-state index >= 15 is 0 Å². The van der Waals surface area contributed by atoms with E-state index in [1.807, 2.05) is 6.26 Å². The summed E-state index contributed by atoms with van der Waals surface area (Å²) in [6.07, 6.45) is 3.43. The maximum Gasteiger partial charge on any atom is 0.327 e. The number of rotatable bonds is 12. The lowest BCUT2D eigenvalue weighted by atomic mass is 10.0. The normalized spacial score (nSPS) is 18.1. The van der Waals surface area contributed by atoms with Gasteiger partial charge in [-0.2, -0.15) is 24.4 Å². The summed E-state index contributed by atoms with van der Waals surface area (Å²) >= 11 is 5.52. The number of nitrogens with two attached hydrogens (primary N) is 1. The molecule has 6 N–H and O–H groups in total. The predicted molar refractivity (Wildman–Crippen MR) is 133 cm³/mol. The fraction of sp³-hybridized carbons (Fsp3) is 0.545. The first-order valence-electron chi connectivity index (χ1n) is 10.9. The Labute approximate surface area is 208 Å². The monoisotopic (exact) mass is 512 g/mol. The second-order valence-corrected chi connectivity index (χ2v) is 9.44. The van der Waals surface area contributed by atoms with E-state index in [2.05, 4.69) is 23.3 Å². The quantitative estimate of drug-likeness (QED) is 0.213. The summed E-state index contributed by atoms with van der Waals surface area (Å²) in [5.74, 6) is -2.02. The highest BCUT2D eigenvalue weighted by Crippen LogP contribution is 2.21. The van der Waals surface area contributed by atoms with Crippen molar-refractivity contribution < 1.29 is 29.4 Å². The average molecular weight is 513 g/mol. The van der Waals surface area contributed by atoms with E-state index in [1.54, 1.807) is 23.9 Å². The van der Waals surface area contributed by atoms with Gasteiger partial charge in [0, 0.05) is 18.7 Å². The van der Waals surface area contributed by atoms with Crippen molar-refractivity contribution in [3.63, 3.8) is 0 Å². The largest absolute Gasteiger partial charge is 0.508 e. The van der Waals surface area contributed by atoms with Gasteiger partial charge in [-0.15, -0.1) is 0 Å². The number of benzene rings is 1. The molecule has 0 aromatic heterocycles. The molecule has 1 aromatic carbocycles. The van der Waals surface area contributed by atoms with Crippen LogP contribution in [0.15, 0.2) is 24.3 Å². The zero-order chi connectivity index (χ0) is 25.3. The van der Waals surface area contributed by atoms with Crippen LogP contribution in [0.1, 0.15) is 24.8 Å². The van der Waals surface area contributed by atoms with E-state index in [9.17, 15) is 29.4 Å². The summed E-state index contributed by atoms with van der Waals surface area (Å²) in [7, 11) is 0. The number of carbonyl (C=O) groups excluding carboxylic acids is 3. The molecule has 0 bridgehead atoms. The van der Waals surface area contributed by atoms with Crippen molar-refractivity contribution in [2.45, 2.75) is 49.9 Å². The van der Waals surface area contributed by atoms with Crippen molar-refractivity contribution in [1.82, 2.24) is 15.5 Å². The minimum Gasteiger partial charge on any atom is -0.508 e. The lowest BCUT2D eigenvalue weighted by molar-refractivity contribution is -0.144.